The minimum Gasteiger partial charge on any atom is -0.460 e. The highest BCUT2D eigenvalue weighted by atomic mass is 35.5. The van der Waals surface area contributed by atoms with Crippen LogP contribution in [0.15, 0.2) is 24.5 Å². The van der Waals surface area contributed by atoms with E-state index in [2.05, 4.69) is 15.1 Å². The molecule has 8 heteroatoms. The SMILES string of the molecule is CC(C)OC(=O)/C=C\n1cnc(-c2cc(Cl)nc(Cl)c2)n1. The summed E-state index contributed by atoms with van der Waals surface area (Å²) in [4.78, 5) is 19.3. The number of hydrogen-bond donors (Lipinski definition) is 0. The van der Waals surface area contributed by atoms with Crippen LogP contribution < -0.4 is 0 Å². The molecule has 0 aliphatic carbocycles. The van der Waals surface area contributed by atoms with Gasteiger partial charge in [-0.3, -0.25) is 0 Å². The van der Waals surface area contributed by atoms with E-state index < -0.39 is 5.97 Å². The Balaban J connectivity index is 2.14. The molecule has 0 aliphatic heterocycles. The van der Waals surface area contributed by atoms with E-state index in [1.807, 2.05) is 0 Å². The molecule has 0 bridgehead atoms. The molecule has 2 heterocycles. The van der Waals surface area contributed by atoms with Crippen LogP contribution in [0.1, 0.15) is 13.8 Å². The zero-order valence-electron chi connectivity index (χ0n) is 11.3. The molecule has 0 fully saturated rings. The van der Waals surface area contributed by atoms with Gasteiger partial charge in [-0.15, -0.1) is 5.10 Å². The topological polar surface area (TPSA) is 69.9 Å². The van der Waals surface area contributed by atoms with Gasteiger partial charge in [-0.2, -0.15) is 0 Å². The van der Waals surface area contributed by atoms with Gasteiger partial charge in [0.1, 0.15) is 16.6 Å². The van der Waals surface area contributed by atoms with Crippen molar-refractivity contribution in [2.24, 2.45) is 0 Å². The van der Waals surface area contributed by atoms with Gasteiger partial charge in [-0.05, 0) is 26.0 Å². The Morgan fingerprint density at radius 2 is 2.00 bits per heavy atom. The third-order valence-electron chi connectivity index (χ3n) is 2.24. The van der Waals surface area contributed by atoms with Crippen molar-refractivity contribution in [2.75, 3.05) is 0 Å². The van der Waals surface area contributed by atoms with Crippen molar-refractivity contribution >= 4 is 35.4 Å². The molecule has 0 saturated carbocycles. The molecule has 110 valence electrons. The number of nitrogens with zero attached hydrogens (tertiary/aromatic N) is 4. The van der Waals surface area contributed by atoms with Gasteiger partial charge in [0.05, 0.1) is 6.10 Å². The predicted octanol–water partition coefficient (Wildman–Crippen LogP) is 3.07. The summed E-state index contributed by atoms with van der Waals surface area (Å²) >= 11 is 11.6. The van der Waals surface area contributed by atoms with E-state index in [1.54, 1.807) is 26.0 Å². The van der Waals surface area contributed by atoms with Crippen molar-refractivity contribution in [1.82, 2.24) is 19.7 Å². The fraction of sp³-hybridized carbons (Fsp3) is 0.231. The minimum absolute atomic E-state index is 0.172. The molecular formula is C13H12Cl2N4O2. The number of halogens is 2. The van der Waals surface area contributed by atoms with Crippen molar-refractivity contribution in [1.29, 1.82) is 0 Å². The molecule has 6 nitrogen and oxygen atoms in total. The largest absolute Gasteiger partial charge is 0.460 e. The number of rotatable bonds is 4. The number of esters is 1. The molecule has 0 aromatic carbocycles. The fourth-order valence-electron chi connectivity index (χ4n) is 1.48. The Morgan fingerprint density at radius 1 is 1.33 bits per heavy atom. The monoisotopic (exact) mass is 326 g/mol. The first-order valence-electron chi connectivity index (χ1n) is 6.07. The van der Waals surface area contributed by atoms with Crippen LogP contribution in [0.3, 0.4) is 0 Å². The summed E-state index contributed by atoms with van der Waals surface area (Å²) in [5.74, 6) is -0.0277. The summed E-state index contributed by atoms with van der Waals surface area (Å²) in [6, 6.07) is 3.20. The van der Waals surface area contributed by atoms with Crippen LogP contribution in [0.5, 0.6) is 0 Å². The highest BCUT2D eigenvalue weighted by molar-refractivity contribution is 6.32. The lowest BCUT2D eigenvalue weighted by atomic mass is 10.2. The first-order chi connectivity index (χ1) is 9.94. The van der Waals surface area contributed by atoms with Crippen LogP contribution in [0.25, 0.3) is 17.6 Å². The van der Waals surface area contributed by atoms with Gasteiger partial charge in [-0.25, -0.2) is 19.4 Å². The van der Waals surface area contributed by atoms with Crippen molar-refractivity contribution in [3.05, 3.63) is 34.8 Å². The van der Waals surface area contributed by atoms with E-state index in [4.69, 9.17) is 27.9 Å². The third kappa shape index (κ3) is 4.54. The lowest BCUT2D eigenvalue weighted by Gasteiger charge is -2.03. The summed E-state index contributed by atoms with van der Waals surface area (Å²) in [7, 11) is 0. The van der Waals surface area contributed by atoms with Crippen molar-refractivity contribution in [2.45, 2.75) is 20.0 Å². The summed E-state index contributed by atoms with van der Waals surface area (Å²) in [6.07, 6.45) is 4.00. The molecule has 0 atom stereocenters. The minimum atomic E-state index is -0.447. The quantitative estimate of drug-likeness (QED) is 0.490. The second-order valence-corrected chi connectivity index (χ2v) is 5.13. The number of carbonyl (C=O) groups is 1. The Bertz CT molecular complexity index is 662. The fourth-order valence-corrected chi connectivity index (χ4v) is 1.94. The number of carbonyl (C=O) groups excluding carboxylic acids is 1. The van der Waals surface area contributed by atoms with Crippen LogP contribution in [0, 0.1) is 0 Å². The molecule has 21 heavy (non-hydrogen) atoms. The number of aromatic nitrogens is 4. The van der Waals surface area contributed by atoms with Crippen LogP contribution in [-0.4, -0.2) is 31.8 Å². The summed E-state index contributed by atoms with van der Waals surface area (Å²) in [6.45, 7) is 3.55. The molecule has 0 saturated heterocycles. The van der Waals surface area contributed by atoms with Crippen LogP contribution in [-0.2, 0) is 9.53 Å². The van der Waals surface area contributed by atoms with Crippen molar-refractivity contribution in [3.8, 4) is 11.4 Å². The summed E-state index contributed by atoms with van der Waals surface area (Å²) in [5, 5.41) is 4.69. The van der Waals surface area contributed by atoms with Gasteiger partial charge in [0.25, 0.3) is 0 Å². The molecule has 0 amide bonds. The van der Waals surface area contributed by atoms with Gasteiger partial charge < -0.3 is 4.74 Å². The molecule has 0 radical (unpaired) electrons. The van der Waals surface area contributed by atoms with E-state index in [9.17, 15) is 4.79 Å². The zero-order valence-corrected chi connectivity index (χ0v) is 12.8. The van der Waals surface area contributed by atoms with E-state index in [0.29, 0.717) is 11.4 Å². The maximum absolute atomic E-state index is 11.4. The van der Waals surface area contributed by atoms with E-state index in [1.165, 1.54) is 23.3 Å². The lowest BCUT2D eigenvalue weighted by molar-refractivity contribution is -0.141. The molecule has 2 aromatic heterocycles. The number of pyridine rings is 1. The van der Waals surface area contributed by atoms with Crippen molar-refractivity contribution in [3.63, 3.8) is 0 Å². The molecule has 0 aliphatic rings. The second kappa shape index (κ2) is 6.69. The van der Waals surface area contributed by atoms with Crippen LogP contribution >= 0.6 is 23.2 Å². The maximum atomic E-state index is 11.4. The average molecular weight is 327 g/mol. The molecule has 0 N–H and O–H groups in total. The lowest BCUT2D eigenvalue weighted by Crippen LogP contribution is -2.08. The molecule has 2 aromatic rings. The van der Waals surface area contributed by atoms with Gasteiger partial charge >= 0.3 is 5.97 Å². The smallest absolute Gasteiger partial charge is 0.332 e. The first-order valence-corrected chi connectivity index (χ1v) is 6.83. The molecule has 2 rings (SSSR count). The Hall–Kier alpha value is -1.92. The van der Waals surface area contributed by atoms with Crippen LogP contribution in [0.4, 0.5) is 0 Å². The molecular weight excluding hydrogens is 315 g/mol. The van der Waals surface area contributed by atoms with Crippen LogP contribution in [0.2, 0.25) is 10.3 Å². The zero-order chi connectivity index (χ0) is 15.4. The Kier molecular flexibility index (Phi) is 4.93. The van der Waals surface area contributed by atoms with E-state index >= 15 is 0 Å². The standard InChI is InChI=1S/C13H12Cl2N4O2/c1-8(2)21-12(20)3-4-19-7-16-13(18-19)9-5-10(14)17-11(15)6-9/h3-8H,1-2H3/b4-3-. The van der Waals surface area contributed by atoms with Gasteiger partial charge in [0.15, 0.2) is 5.82 Å². The normalized spacial score (nSPS) is 11.3. The van der Waals surface area contributed by atoms with Gasteiger partial charge in [-0.1, -0.05) is 23.2 Å². The van der Waals surface area contributed by atoms with E-state index in [0.717, 1.165) is 0 Å². The van der Waals surface area contributed by atoms with Gasteiger partial charge in [0.2, 0.25) is 0 Å². The summed E-state index contributed by atoms with van der Waals surface area (Å²) < 4.78 is 6.35. The number of hydrogen-bond acceptors (Lipinski definition) is 5. The Morgan fingerprint density at radius 3 is 2.62 bits per heavy atom. The van der Waals surface area contributed by atoms with E-state index in [-0.39, 0.29) is 16.4 Å². The second-order valence-electron chi connectivity index (χ2n) is 4.35. The van der Waals surface area contributed by atoms with Crippen molar-refractivity contribution < 1.29 is 9.53 Å². The Labute approximate surface area is 131 Å². The molecule has 0 spiro atoms. The highest BCUT2D eigenvalue weighted by Gasteiger charge is 2.07. The highest BCUT2D eigenvalue weighted by Crippen LogP contribution is 2.21. The van der Waals surface area contributed by atoms with Gasteiger partial charge in [0, 0.05) is 17.8 Å². The maximum Gasteiger partial charge on any atom is 0.332 e. The average Bonchev–Trinajstić information content (AvgIpc) is 2.83. The molecule has 0 unspecified atom stereocenters. The summed E-state index contributed by atoms with van der Waals surface area (Å²) in [5.41, 5.74) is 0.636. The first kappa shape index (κ1) is 15.5. The predicted molar refractivity (Wildman–Crippen MR) is 79.8 cm³/mol. The third-order valence-corrected chi connectivity index (χ3v) is 2.63. The number of ether oxygens (including phenoxy) is 1.